The van der Waals surface area contributed by atoms with E-state index < -0.39 is 11.9 Å². The van der Waals surface area contributed by atoms with E-state index in [4.69, 9.17) is 21.8 Å². The summed E-state index contributed by atoms with van der Waals surface area (Å²) in [5, 5.41) is 23.7. The average molecular weight is 475 g/mol. The normalized spacial score (nSPS) is 13.7. The topological polar surface area (TPSA) is 98.7 Å². The molecule has 7 heteroatoms. The van der Waals surface area contributed by atoms with Crippen molar-refractivity contribution in [3.05, 3.63) is 63.7 Å². The predicted molar refractivity (Wildman–Crippen MR) is 133 cm³/mol. The molecule has 0 saturated heterocycles. The molecule has 1 aliphatic rings. The van der Waals surface area contributed by atoms with Gasteiger partial charge in [0, 0.05) is 6.54 Å². The number of carbonyl (C=O) groups is 2. The van der Waals surface area contributed by atoms with Crippen LogP contribution in [0.15, 0.2) is 36.4 Å². The molecule has 33 heavy (non-hydrogen) atoms. The first-order chi connectivity index (χ1) is 15.8. The molecule has 180 valence electrons. The van der Waals surface area contributed by atoms with Crippen LogP contribution in [0.3, 0.4) is 0 Å². The van der Waals surface area contributed by atoms with Gasteiger partial charge >= 0.3 is 11.9 Å². The number of hydrogen-bond acceptors (Lipinski definition) is 4. The van der Waals surface area contributed by atoms with Crippen molar-refractivity contribution >= 4 is 29.2 Å². The van der Waals surface area contributed by atoms with Gasteiger partial charge < -0.3 is 20.8 Å². The minimum Gasteiger partial charge on any atom is -0.481 e. The molecule has 0 fully saturated rings. The zero-order chi connectivity index (χ0) is 24.2. The Morgan fingerprint density at radius 1 is 1.00 bits per heavy atom. The first kappa shape index (κ1) is 26.7. The maximum absolute atomic E-state index is 9.64. The second kappa shape index (κ2) is 13.9. The number of aliphatic carboxylic acids is 2. The smallest absolute Gasteiger partial charge is 0.303 e. The SMILES string of the molecule is CCC(C)Cc1ccc(CNc2c(Cl)ccc3c2CCNCC3)cc1.O=C(O)CCC(=O)O. The summed E-state index contributed by atoms with van der Waals surface area (Å²) in [5.74, 6) is -1.41. The van der Waals surface area contributed by atoms with E-state index in [0.717, 1.165) is 55.5 Å². The summed E-state index contributed by atoms with van der Waals surface area (Å²) >= 11 is 6.50. The van der Waals surface area contributed by atoms with Gasteiger partial charge in [-0.1, -0.05) is 62.2 Å². The maximum atomic E-state index is 9.64. The second-order valence-electron chi connectivity index (χ2n) is 8.49. The number of nitrogens with one attached hydrogen (secondary N) is 2. The highest BCUT2D eigenvalue weighted by molar-refractivity contribution is 6.33. The number of halogens is 1. The lowest BCUT2D eigenvalue weighted by atomic mass is 9.98. The molecule has 3 rings (SSSR count). The third-order valence-corrected chi connectivity index (χ3v) is 6.12. The number of hydrogen-bond donors (Lipinski definition) is 4. The first-order valence-electron chi connectivity index (χ1n) is 11.6. The summed E-state index contributed by atoms with van der Waals surface area (Å²) in [6.45, 7) is 7.45. The number of fused-ring (bicyclic) bond motifs is 1. The van der Waals surface area contributed by atoms with Crippen molar-refractivity contribution in [1.29, 1.82) is 0 Å². The van der Waals surface area contributed by atoms with Crippen LogP contribution in [-0.4, -0.2) is 35.2 Å². The van der Waals surface area contributed by atoms with Crippen LogP contribution in [0, 0.1) is 5.92 Å². The van der Waals surface area contributed by atoms with E-state index in [-0.39, 0.29) is 12.8 Å². The Morgan fingerprint density at radius 3 is 2.21 bits per heavy atom. The molecule has 0 amide bonds. The molecule has 0 aromatic heterocycles. The Balaban J connectivity index is 0.000000414. The van der Waals surface area contributed by atoms with Gasteiger partial charge in [0.25, 0.3) is 0 Å². The van der Waals surface area contributed by atoms with Gasteiger partial charge in [0.2, 0.25) is 0 Å². The Bertz CT molecular complexity index is 901. The van der Waals surface area contributed by atoms with Gasteiger partial charge in [0.1, 0.15) is 0 Å². The predicted octanol–water partition coefficient (Wildman–Crippen LogP) is 5.16. The molecule has 1 aliphatic heterocycles. The number of anilines is 1. The molecule has 0 radical (unpaired) electrons. The fourth-order valence-electron chi connectivity index (χ4n) is 3.68. The summed E-state index contributed by atoms with van der Waals surface area (Å²) in [7, 11) is 0. The Morgan fingerprint density at radius 2 is 1.61 bits per heavy atom. The quantitative estimate of drug-likeness (QED) is 0.400. The van der Waals surface area contributed by atoms with E-state index in [9.17, 15) is 9.59 Å². The van der Waals surface area contributed by atoms with Crippen molar-refractivity contribution < 1.29 is 19.8 Å². The molecular weight excluding hydrogens is 440 g/mol. The van der Waals surface area contributed by atoms with Crippen LogP contribution < -0.4 is 10.6 Å². The van der Waals surface area contributed by atoms with Gasteiger partial charge in [-0.2, -0.15) is 0 Å². The van der Waals surface area contributed by atoms with E-state index >= 15 is 0 Å². The number of rotatable bonds is 9. The summed E-state index contributed by atoms with van der Waals surface area (Å²) < 4.78 is 0. The van der Waals surface area contributed by atoms with Gasteiger partial charge in [-0.15, -0.1) is 0 Å². The Hall–Kier alpha value is -2.57. The summed E-state index contributed by atoms with van der Waals surface area (Å²) in [4.78, 5) is 19.3. The van der Waals surface area contributed by atoms with Gasteiger partial charge in [0.05, 0.1) is 23.6 Å². The van der Waals surface area contributed by atoms with Gasteiger partial charge in [-0.25, -0.2) is 0 Å². The summed E-state index contributed by atoms with van der Waals surface area (Å²) in [6, 6.07) is 13.2. The van der Waals surface area contributed by atoms with Gasteiger partial charge in [-0.3, -0.25) is 9.59 Å². The maximum Gasteiger partial charge on any atom is 0.303 e. The fraction of sp³-hybridized carbons (Fsp3) is 0.462. The molecule has 6 nitrogen and oxygen atoms in total. The van der Waals surface area contributed by atoms with Crippen LogP contribution in [-0.2, 0) is 35.4 Å². The van der Waals surface area contributed by atoms with Gasteiger partial charge in [0.15, 0.2) is 0 Å². The zero-order valence-electron chi connectivity index (χ0n) is 19.5. The van der Waals surface area contributed by atoms with Crippen molar-refractivity contribution in [2.24, 2.45) is 5.92 Å². The fourth-order valence-corrected chi connectivity index (χ4v) is 3.92. The van der Waals surface area contributed by atoms with E-state index in [1.54, 1.807) is 0 Å². The molecule has 2 aromatic carbocycles. The largest absolute Gasteiger partial charge is 0.481 e. The molecule has 1 unspecified atom stereocenters. The van der Waals surface area contributed by atoms with Crippen molar-refractivity contribution in [2.45, 2.75) is 58.9 Å². The first-order valence-corrected chi connectivity index (χ1v) is 11.9. The van der Waals surface area contributed by atoms with Crippen molar-refractivity contribution in [2.75, 3.05) is 18.4 Å². The average Bonchev–Trinajstić information content (AvgIpc) is 3.04. The van der Waals surface area contributed by atoms with E-state index in [1.165, 1.54) is 28.7 Å². The van der Waals surface area contributed by atoms with Crippen LogP contribution in [0.4, 0.5) is 5.69 Å². The highest BCUT2D eigenvalue weighted by atomic mass is 35.5. The minimum atomic E-state index is -1.08. The Labute approximate surface area is 201 Å². The van der Waals surface area contributed by atoms with E-state index in [1.807, 2.05) is 6.07 Å². The van der Waals surface area contributed by atoms with Crippen molar-refractivity contribution in [1.82, 2.24) is 5.32 Å². The lowest BCUT2D eigenvalue weighted by Crippen LogP contribution is -2.16. The lowest BCUT2D eigenvalue weighted by molar-refractivity contribution is -0.143. The van der Waals surface area contributed by atoms with Crippen LogP contribution in [0.2, 0.25) is 5.02 Å². The highest BCUT2D eigenvalue weighted by Crippen LogP contribution is 2.31. The van der Waals surface area contributed by atoms with Crippen molar-refractivity contribution in [3.8, 4) is 0 Å². The third kappa shape index (κ3) is 9.44. The number of carboxylic acids is 2. The molecule has 1 atom stereocenters. The Kier molecular flexibility index (Phi) is 11.2. The molecule has 4 N–H and O–H groups in total. The van der Waals surface area contributed by atoms with Crippen LogP contribution in [0.5, 0.6) is 0 Å². The molecule has 2 aromatic rings. The molecular formula is C26H35ClN2O4. The monoisotopic (exact) mass is 474 g/mol. The van der Waals surface area contributed by atoms with Crippen LogP contribution >= 0.6 is 11.6 Å². The zero-order valence-corrected chi connectivity index (χ0v) is 20.3. The van der Waals surface area contributed by atoms with Gasteiger partial charge in [-0.05, 0) is 66.6 Å². The second-order valence-corrected chi connectivity index (χ2v) is 8.89. The summed E-state index contributed by atoms with van der Waals surface area (Å²) in [5.41, 5.74) is 6.64. The number of carboxylic acid groups (broad SMARTS) is 2. The molecule has 0 aliphatic carbocycles. The molecule has 0 bridgehead atoms. The van der Waals surface area contributed by atoms with Crippen LogP contribution in [0.1, 0.15) is 55.4 Å². The standard InChI is InChI=1S/C22H29ClN2.C4H6O4/c1-3-16(2)14-17-4-6-18(7-5-17)15-25-22-20-11-13-24-12-10-19(20)8-9-21(22)23;5-3(6)1-2-4(7)8/h4-9,16,24-25H,3,10-15H2,1-2H3;1-2H2,(H,5,6)(H,7,8). The third-order valence-electron chi connectivity index (χ3n) is 5.81. The molecule has 0 saturated carbocycles. The van der Waals surface area contributed by atoms with E-state index in [2.05, 4.69) is 54.8 Å². The minimum absolute atomic E-state index is 0.296. The van der Waals surface area contributed by atoms with Crippen molar-refractivity contribution in [3.63, 3.8) is 0 Å². The summed E-state index contributed by atoms with van der Waals surface area (Å²) in [6.07, 6.45) is 3.91. The van der Waals surface area contributed by atoms with E-state index in [0.29, 0.717) is 0 Å². The molecule has 0 spiro atoms. The lowest BCUT2D eigenvalue weighted by Gasteiger charge is -2.16. The van der Waals surface area contributed by atoms with Crippen LogP contribution in [0.25, 0.3) is 0 Å². The number of benzene rings is 2. The molecule has 1 heterocycles. The highest BCUT2D eigenvalue weighted by Gasteiger charge is 2.14.